The summed E-state index contributed by atoms with van der Waals surface area (Å²) < 4.78 is 30.4. The fraction of sp³-hybridized carbons (Fsp3) is 0.286. The number of rotatable bonds is 5. The van der Waals surface area contributed by atoms with Gasteiger partial charge in [0.15, 0.2) is 9.47 Å². The molecule has 1 aliphatic heterocycles. The fourth-order valence-corrected chi connectivity index (χ4v) is 8.02. The van der Waals surface area contributed by atoms with Gasteiger partial charge in [-0.1, -0.05) is 41.3 Å². The number of fused-ring (bicyclic) bond motifs is 3. The predicted molar refractivity (Wildman–Crippen MR) is 131 cm³/mol. The predicted octanol–water partition coefficient (Wildman–Crippen LogP) is 4.67. The van der Waals surface area contributed by atoms with Crippen LogP contribution in [-0.2, 0) is 14.8 Å². The summed E-state index contributed by atoms with van der Waals surface area (Å²) >= 11 is 4.66. The smallest absolute Gasteiger partial charge is 0.243 e. The fourth-order valence-electron chi connectivity index (χ4n) is 3.82. The molecule has 1 aliphatic rings. The molecule has 1 amide bonds. The van der Waals surface area contributed by atoms with Gasteiger partial charge in [-0.2, -0.15) is 4.31 Å². The van der Waals surface area contributed by atoms with Gasteiger partial charge in [0.2, 0.25) is 15.9 Å². The zero-order valence-electron chi connectivity index (χ0n) is 17.1. The highest BCUT2D eigenvalue weighted by Gasteiger charge is 2.33. The van der Waals surface area contributed by atoms with Crippen molar-refractivity contribution in [2.75, 3.05) is 24.7 Å². The third kappa shape index (κ3) is 4.03. The third-order valence-electron chi connectivity index (χ3n) is 5.43. The van der Waals surface area contributed by atoms with Crippen LogP contribution in [0.2, 0.25) is 0 Å². The lowest BCUT2D eigenvalue weighted by atomic mass is 9.99. The van der Waals surface area contributed by atoms with Crippen molar-refractivity contribution in [3.05, 3.63) is 42.5 Å². The van der Waals surface area contributed by atoms with Crippen molar-refractivity contribution in [1.82, 2.24) is 14.3 Å². The van der Waals surface area contributed by atoms with E-state index in [4.69, 9.17) is 0 Å². The normalized spacial score (nSPS) is 17.7. The molecular formula is C21H20N4O3S4. The van der Waals surface area contributed by atoms with E-state index in [0.717, 1.165) is 24.8 Å². The number of thiazole rings is 2. The number of nitrogens with zero attached hydrogens (tertiary/aromatic N) is 3. The summed E-state index contributed by atoms with van der Waals surface area (Å²) in [5.74, 6) is -0.608. The minimum absolute atomic E-state index is 0.171. The largest absolute Gasteiger partial charge is 0.302 e. The molecule has 2 aromatic carbocycles. The third-order valence-corrected chi connectivity index (χ3v) is 10.5. The average Bonchev–Trinajstić information content (AvgIpc) is 3.43. The van der Waals surface area contributed by atoms with Crippen LogP contribution in [0.15, 0.2) is 51.7 Å². The summed E-state index contributed by atoms with van der Waals surface area (Å²) in [6.45, 7) is 0.591. The van der Waals surface area contributed by atoms with E-state index in [2.05, 4.69) is 15.3 Å². The maximum Gasteiger partial charge on any atom is 0.243 e. The van der Waals surface area contributed by atoms with E-state index in [-0.39, 0.29) is 17.3 Å². The van der Waals surface area contributed by atoms with Crippen molar-refractivity contribution in [1.29, 1.82) is 0 Å². The zero-order chi connectivity index (χ0) is 22.3. The molecule has 32 heavy (non-hydrogen) atoms. The second-order valence-electron chi connectivity index (χ2n) is 7.47. The highest BCUT2D eigenvalue weighted by atomic mass is 32.2. The van der Waals surface area contributed by atoms with E-state index in [1.54, 1.807) is 53.4 Å². The second kappa shape index (κ2) is 8.71. The van der Waals surface area contributed by atoms with Gasteiger partial charge in [-0.3, -0.25) is 4.79 Å². The molecule has 4 aromatic rings. The first-order chi connectivity index (χ1) is 15.5. The van der Waals surface area contributed by atoms with Gasteiger partial charge in [0.05, 0.1) is 31.2 Å². The first kappa shape index (κ1) is 21.8. The molecule has 7 nitrogen and oxygen atoms in total. The number of benzene rings is 2. The molecule has 0 saturated carbocycles. The number of anilines is 1. The summed E-state index contributed by atoms with van der Waals surface area (Å²) in [6, 6.07) is 12.2. The van der Waals surface area contributed by atoms with Gasteiger partial charge in [-0.05, 0) is 43.4 Å². The number of hydrogen-bond acceptors (Lipinski definition) is 8. The summed E-state index contributed by atoms with van der Waals surface area (Å²) in [6.07, 6.45) is 3.29. The van der Waals surface area contributed by atoms with E-state index < -0.39 is 15.9 Å². The monoisotopic (exact) mass is 504 g/mol. The van der Waals surface area contributed by atoms with Crippen LogP contribution in [0.25, 0.3) is 20.4 Å². The minimum Gasteiger partial charge on any atom is -0.302 e. The van der Waals surface area contributed by atoms with Gasteiger partial charge >= 0.3 is 0 Å². The van der Waals surface area contributed by atoms with E-state index >= 15 is 0 Å². The Bertz CT molecular complexity index is 1400. The molecule has 5 rings (SSSR count). The Morgan fingerprint density at radius 2 is 1.81 bits per heavy atom. The van der Waals surface area contributed by atoms with E-state index in [1.807, 2.05) is 18.4 Å². The van der Waals surface area contributed by atoms with E-state index in [9.17, 15) is 13.2 Å². The SMILES string of the molecule is CSc1nc2ccc3nc(NC(=O)C4CCCN(S(=O)(=O)c5ccccc5)C4)sc3c2s1. The topological polar surface area (TPSA) is 92.3 Å². The lowest BCUT2D eigenvalue weighted by Crippen LogP contribution is -2.43. The first-order valence-electron chi connectivity index (χ1n) is 10.1. The molecule has 1 atom stereocenters. The average molecular weight is 505 g/mol. The van der Waals surface area contributed by atoms with E-state index in [0.29, 0.717) is 24.5 Å². The Labute approximate surface area is 197 Å². The minimum atomic E-state index is -3.61. The molecular weight excluding hydrogens is 485 g/mol. The van der Waals surface area contributed by atoms with Crippen LogP contribution in [0.3, 0.4) is 0 Å². The Morgan fingerprint density at radius 3 is 2.56 bits per heavy atom. The molecule has 1 N–H and O–H groups in total. The molecule has 0 spiro atoms. The summed E-state index contributed by atoms with van der Waals surface area (Å²) in [5.41, 5.74) is 1.76. The van der Waals surface area contributed by atoms with Crippen LogP contribution >= 0.6 is 34.4 Å². The highest BCUT2D eigenvalue weighted by Crippen LogP contribution is 2.38. The van der Waals surface area contributed by atoms with Crippen molar-refractivity contribution in [2.24, 2.45) is 5.92 Å². The van der Waals surface area contributed by atoms with Crippen molar-refractivity contribution < 1.29 is 13.2 Å². The highest BCUT2D eigenvalue weighted by molar-refractivity contribution is 8.00. The molecule has 0 aliphatic carbocycles. The van der Waals surface area contributed by atoms with Crippen LogP contribution < -0.4 is 5.32 Å². The molecule has 11 heteroatoms. The Kier molecular flexibility index (Phi) is 5.93. The maximum atomic E-state index is 13.0. The summed E-state index contributed by atoms with van der Waals surface area (Å²) in [7, 11) is -3.61. The molecule has 166 valence electrons. The maximum absolute atomic E-state index is 13.0. The molecule has 1 saturated heterocycles. The van der Waals surface area contributed by atoms with Crippen molar-refractivity contribution in [3.63, 3.8) is 0 Å². The van der Waals surface area contributed by atoms with Gasteiger partial charge in [0, 0.05) is 13.1 Å². The van der Waals surface area contributed by atoms with Crippen LogP contribution in [0.4, 0.5) is 5.13 Å². The van der Waals surface area contributed by atoms with Crippen molar-refractivity contribution >= 4 is 75.9 Å². The van der Waals surface area contributed by atoms with Crippen molar-refractivity contribution in [2.45, 2.75) is 22.1 Å². The molecule has 0 radical (unpaired) electrons. The van der Waals surface area contributed by atoms with Gasteiger partial charge in [0.25, 0.3) is 0 Å². The van der Waals surface area contributed by atoms with Crippen molar-refractivity contribution in [3.8, 4) is 0 Å². The standard InChI is InChI=1S/C21H20N4O3S4/c1-29-21-23-16-10-9-15-17(18(16)31-21)30-20(22-15)24-19(26)13-6-5-11-25(12-13)32(27,28)14-7-3-2-4-8-14/h2-4,7-10,13H,5-6,11-12H2,1H3,(H,22,24,26). The van der Waals surface area contributed by atoms with Gasteiger partial charge in [-0.15, -0.1) is 11.3 Å². The van der Waals surface area contributed by atoms with Crippen LogP contribution in [0.1, 0.15) is 12.8 Å². The first-order valence-corrected chi connectivity index (χ1v) is 14.4. The Balaban J connectivity index is 1.35. The number of aromatic nitrogens is 2. The number of thioether (sulfide) groups is 1. The molecule has 3 heterocycles. The molecule has 1 fully saturated rings. The zero-order valence-corrected chi connectivity index (χ0v) is 20.4. The number of piperidine rings is 1. The van der Waals surface area contributed by atoms with Gasteiger partial charge in [-0.25, -0.2) is 18.4 Å². The van der Waals surface area contributed by atoms with E-state index in [1.165, 1.54) is 15.6 Å². The Morgan fingerprint density at radius 1 is 1.09 bits per heavy atom. The summed E-state index contributed by atoms with van der Waals surface area (Å²) in [5, 5.41) is 3.45. The van der Waals surface area contributed by atoms with Gasteiger partial charge < -0.3 is 5.32 Å². The van der Waals surface area contributed by atoms with Crippen LogP contribution in [0.5, 0.6) is 0 Å². The van der Waals surface area contributed by atoms with Crippen LogP contribution in [-0.4, -0.2) is 47.9 Å². The second-order valence-corrected chi connectivity index (χ2v) is 12.5. The number of amides is 1. The lowest BCUT2D eigenvalue weighted by molar-refractivity contribution is -0.120. The number of carbonyl (C=O) groups excluding carboxylic acids is 1. The molecule has 2 aromatic heterocycles. The number of sulfonamides is 1. The lowest BCUT2D eigenvalue weighted by Gasteiger charge is -2.31. The van der Waals surface area contributed by atoms with Crippen LogP contribution in [0, 0.1) is 5.92 Å². The molecule has 0 bridgehead atoms. The Hall–Kier alpha value is -2.05. The summed E-state index contributed by atoms with van der Waals surface area (Å²) in [4.78, 5) is 22.4. The van der Waals surface area contributed by atoms with Gasteiger partial charge in [0.1, 0.15) is 0 Å². The molecule has 1 unspecified atom stereocenters. The number of hydrogen-bond donors (Lipinski definition) is 1. The number of carbonyl (C=O) groups is 1. The number of nitrogens with one attached hydrogen (secondary N) is 1. The quantitative estimate of drug-likeness (QED) is 0.397.